The van der Waals surface area contributed by atoms with E-state index in [1.807, 2.05) is 0 Å². The molecule has 2 nitrogen and oxygen atoms in total. The highest BCUT2D eigenvalue weighted by atomic mass is 16.5. The van der Waals surface area contributed by atoms with Gasteiger partial charge in [-0.3, -0.25) is 0 Å². The lowest BCUT2D eigenvalue weighted by molar-refractivity contribution is -0.0692. The third-order valence-corrected chi connectivity index (χ3v) is 5.39. The molecule has 4 aliphatic rings. The molecular weight excluding hydrogens is 212 g/mol. The van der Waals surface area contributed by atoms with Gasteiger partial charge in [-0.05, 0) is 74.5 Å². The van der Waals surface area contributed by atoms with Crippen LogP contribution in [0, 0.1) is 23.2 Å². The van der Waals surface area contributed by atoms with Gasteiger partial charge in [0.1, 0.15) is 0 Å². The van der Waals surface area contributed by atoms with E-state index in [0.717, 1.165) is 37.4 Å². The Hall–Kier alpha value is -0.0800. The van der Waals surface area contributed by atoms with Gasteiger partial charge in [0.25, 0.3) is 0 Å². The Bertz CT molecular complexity index is 226. The van der Waals surface area contributed by atoms with Crippen molar-refractivity contribution >= 4 is 0 Å². The summed E-state index contributed by atoms with van der Waals surface area (Å²) in [6, 6.07) is 0. The second-order valence-corrected chi connectivity index (χ2v) is 6.86. The minimum Gasteiger partial charge on any atom is -0.396 e. The van der Waals surface area contributed by atoms with E-state index < -0.39 is 0 Å². The highest BCUT2D eigenvalue weighted by Crippen LogP contribution is 2.61. The van der Waals surface area contributed by atoms with Crippen LogP contribution in [0.5, 0.6) is 0 Å². The van der Waals surface area contributed by atoms with Gasteiger partial charge in [0.15, 0.2) is 0 Å². The summed E-state index contributed by atoms with van der Waals surface area (Å²) in [7, 11) is 0. The summed E-state index contributed by atoms with van der Waals surface area (Å²) in [6.07, 6.45) is 11.1. The van der Waals surface area contributed by atoms with Crippen LogP contribution in [0.3, 0.4) is 0 Å². The first-order chi connectivity index (χ1) is 8.30. The molecule has 0 radical (unpaired) electrons. The molecule has 0 aromatic heterocycles. The third kappa shape index (κ3) is 2.53. The van der Waals surface area contributed by atoms with Crippen molar-refractivity contribution in [2.45, 2.75) is 51.4 Å². The van der Waals surface area contributed by atoms with Crippen LogP contribution in [0.4, 0.5) is 0 Å². The van der Waals surface area contributed by atoms with Gasteiger partial charge in [0, 0.05) is 19.8 Å². The second kappa shape index (κ2) is 4.89. The maximum Gasteiger partial charge on any atom is 0.0487 e. The number of hydrogen-bond acceptors (Lipinski definition) is 2. The molecule has 17 heavy (non-hydrogen) atoms. The molecule has 0 amide bonds. The topological polar surface area (TPSA) is 29.5 Å². The third-order valence-electron chi connectivity index (χ3n) is 5.39. The first kappa shape index (κ1) is 12.0. The Morgan fingerprint density at radius 1 is 0.941 bits per heavy atom. The average molecular weight is 238 g/mol. The molecule has 1 N–H and O–H groups in total. The van der Waals surface area contributed by atoms with Gasteiger partial charge < -0.3 is 9.84 Å². The molecule has 4 rings (SSSR count). The molecule has 0 aromatic rings. The van der Waals surface area contributed by atoms with Crippen LogP contribution in [0.25, 0.3) is 0 Å². The molecule has 2 heteroatoms. The minimum absolute atomic E-state index is 0.261. The van der Waals surface area contributed by atoms with Gasteiger partial charge in [-0.15, -0.1) is 0 Å². The first-order valence-corrected chi connectivity index (χ1v) is 7.48. The number of ether oxygens (including phenoxy) is 1. The zero-order chi connectivity index (χ0) is 11.7. The Morgan fingerprint density at radius 2 is 1.53 bits per heavy atom. The van der Waals surface area contributed by atoms with E-state index in [1.54, 1.807) is 0 Å². The van der Waals surface area contributed by atoms with E-state index in [0.29, 0.717) is 5.41 Å². The molecule has 4 aliphatic carbocycles. The van der Waals surface area contributed by atoms with Crippen molar-refractivity contribution in [2.75, 3.05) is 19.8 Å². The smallest absolute Gasteiger partial charge is 0.0487 e. The van der Waals surface area contributed by atoms with Crippen molar-refractivity contribution in [2.24, 2.45) is 23.2 Å². The molecule has 0 unspecified atom stereocenters. The van der Waals surface area contributed by atoms with Crippen molar-refractivity contribution in [3.05, 3.63) is 0 Å². The van der Waals surface area contributed by atoms with E-state index in [2.05, 4.69) is 0 Å². The second-order valence-electron chi connectivity index (χ2n) is 6.86. The maximum absolute atomic E-state index is 8.72. The van der Waals surface area contributed by atoms with Gasteiger partial charge in [0.2, 0.25) is 0 Å². The molecule has 4 saturated carbocycles. The molecule has 0 aliphatic heterocycles. The Labute approximate surface area is 105 Å². The standard InChI is InChI=1S/C15H26O2/c16-3-1-4-17-5-2-15-9-12-6-13(10-15)8-14(7-12)11-15/h12-14,16H,1-11H2. The van der Waals surface area contributed by atoms with Crippen LogP contribution in [0.2, 0.25) is 0 Å². The fourth-order valence-electron chi connectivity index (χ4n) is 5.15. The average Bonchev–Trinajstić information content (AvgIpc) is 2.26. The minimum atomic E-state index is 0.261. The fraction of sp³-hybridized carbons (Fsp3) is 1.00. The largest absolute Gasteiger partial charge is 0.396 e. The SMILES string of the molecule is OCCCOCCC12CC3CC(CC(C3)C1)C2. The Balaban J connectivity index is 1.49. The lowest BCUT2D eigenvalue weighted by atomic mass is 9.49. The van der Waals surface area contributed by atoms with Crippen molar-refractivity contribution < 1.29 is 9.84 Å². The zero-order valence-electron chi connectivity index (χ0n) is 10.9. The van der Waals surface area contributed by atoms with Crippen molar-refractivity contribution in [3.63, 3.8) is 0 Å². The molecule has 4 bridgehead atoms. The Morgan fingerprint density at radius 3 is 2.06 bits per heavy atom. The number of hydrogen-bond donors (Lipinski definition) is 1. The van der Waals surface area contributed by atoms with Gasteiger partial charge in [-0.25, -0.2) is 0 Å². The first-order valence-electron chi connectivity index (χ1n) is 7.48. The monoisotopic (exact) mass is 238 g/mol. The normalized spacial score (nSPS) is 43.2. The predicted octanol–water partition coefficient (Wildman–Crippen LogP) is 2.99. The van der Waals surface area contributed by atoms with E-state index >= 15 is 0 Å². The maximum atomic E-state index is 8.72. The van der Waals surface area contributed by atoms with Crippen molar-refractivity contribution in [3.8, 4) is 0 Å². The molecule has 0 atom stereocenters. The Kier molecular flexibility index (Phi) is 3.45. The van der Waals surface area contributed by atoms with Crippen LogP contribution in [-0.4, -0.2) is 24.9 Å². The van der Waals surface area contributed by atoms with Crippen LogP contribution in [-0.2, 0) is 4.74 Å². The van der Waals surface area contributed by atoms with Crippen molar-refractivity contribution in [1.82, 2.24) is 0 Å². The van der Waals surface area contributed by atoms with E-state index in [-0.39, 0.29) is 6.61 Å². The summed E-state index contributed by atoms with van der Waals surface area (Å²) in [6.45, 7) is 1.92. The summed E-state index contributed by atoms with van der Waals surface area (Å²) in [5, 5.41) is 8.72. The van der Waals surface area contributed by atoms with Crippen LogP contribution in [0.1, 0.15) is 51.4 Å². The number of aliphatic hydroxyl groups is 1. The lowest BCUT2D eigenvalue weighted by Crippen LogP contribution is -2.46. The van der Waals surface area contributed by atoms with Gasteiger partial charge in [0.05, 0.1) is 0 Å². The highest BCUT2D eigenvalue weighted by molar-refractivity contribution is 5.01. The van der Waals surface area contributed by atoms with Crippen LogP contribution in [0.15, 0.2) is 0 Å². The summed E-state index contributed by atoms with van der Waals surface area (Å²) >= 11 is 0. The number of rotatable bonds is 6. The summed E-state index contributed by atoms with van der Waals surface area (Å²) in [4.78, 5) is 0. The molecular formula is C15H26O2. The summed E-state index contributed by atoms with van der Waals surface area (Å²) < 4.78 is 5.65. The summed E-state index contributed by atoms with van der Waals surface area (Å²) in [5.41, 5.74) is 0.661. The molecule has 0 aromatic carbocycles. The van der Waals surface area contributed by atoms with E-state index in [9.17, 15) is 0 Å². The zero-order valence-corrected chi connectivity index (χ0v) is 10.9. The lowest BCUT2D eigenvalue weighted by Gasteiger charge is -2.57. The fourth-order valence-corrected chi connectivity index (χ4v) is 5.15. The van der Waals surface area contributed by atoms with Crippen molar-refractivity contribution in [1.29, 1.82) is 0 Å². The number of aliphatic hydroxyl groups excluding tert-OH is 1. The quantitative estimate of drug-likeness (QED) is 0.721. The highest BCUT2D eigenvalue weighted by Gasteiger charge is 2.50. The predicted molar refractivity (Wildman–Crippen MR) is 67.7 cm³/mol. The van der Waals surface area contributed by atoms with Crippen LogP contribution >= 0.6 is 0 Å². The van der Waals surface area contributed by atoms with Gasteiger partial charge in [-0.2, -0.15) is 0 Å². The molecule has 0 heterocycles. The van der Waals surface area contributed by atoms with Gasteiger partial charge >= 0.3 is 0 Å². The molecule has 0 saturated heterocycles. The molecule has 98 valence electrons. The van der Waals surface area contributed by atoms with Crippen LogP contribution < -0.4 is 0 Å². The molecule has 4 fully saturated rings. The molecule has 0 spiro atoms. The van der Waals surface area contributed by atoms with Gasteiger partial charge in [-0.1, -0.05) is 0 Å². The summed E-state index contributed by atoms with van der Waals surface area (Å²) in [5.74, 6) is 3.16. The van der Waals surface area contributed by atoms with E-state index in [4.69, 9.17) is 9.84 Å². The van der Waals surface area contributed by atoms with E-state index in [1.165, 1.54) is 44.9 Å².